The first kappa shape index (κ1) is 35.8. The molecular formula is C30H53NO9. The van der Waals surface area contributed by atoms with Crippen LogP contribution in [0.25, 0.3) is 0 Å². The van der Waals surface area contributed by atoms with Gasteiger partial charge in [0.25, 0.3) is 0 Å². The number of ether oxygens (including phenoxy) is 5. The molecule has 0 aromatic carbocycles. The van der Waals surface area contributed by atoms with Crippen molar-refractivity contribution in [2.45, 2.75) is 136 Å². The van der Waals surface area contributed by atoms with Gasteiger partial charge in [-0.15, -0.1) is 0 Å². The molecule has 0 aromatic rings. The number of hydrogen-bond acceptors (Lipinski definition) is 10. The van der Waals surface area contributed by atoms with Gasteiger partial charge in [-0.2, -0.15) is 0 Å². The third kappa shape index (κ3) is 15.0. The van der Waals surface area contributed by atoms with Gasteiger partial charge in [0.15, 0.2) is 6.10 Å². The van der Waals surface area contributed by atoms with Crippen LogP contribution in [-0.2, 0) is 42.9 Å². The van der Waals surface area contributed by atoms with Crippen molar-refractivity contribution in [1.82, 2.24) is 4.90 Å². The maximum atomic E-state index is 12.8. The van der Waals surface area contributed by atoms with E-state index in [0.717, 1.165) is 39.0 Å². The average Bonchev–Trinajstić information content (AvgIpc) is 2.91. The second-order valence-electron chi connectivity index (χ2n) is 10.4. The van der Waals surface area contributed by atoms with Crippen LogP contribution in [0.3, 0.4) is 0 Å². The van der Waals surface area contributed by atoms with E-state index in [0.29, 0.717) is 38.3 Å². The van der Waals surface area contributed by atoms with E-state index in [2.05, 4.69) is 11.8 Å². The van der Waals surface area contributed by atoms with Crippen molar-refractivity contribution in [3.63, 3.8) is 0 Å². The smallest absolute Gasteiger partial charge is 0.306 e. The standard InChI is InChI=1S/C30H53NO9/c1-6-10-15-24-22-36-21-19-31(24)18-11-16-29(35)38-23(5)30(40-28(34)14-9-4)25(39-27(33)13-8-3)17-20-37-26(32)12-7-2/h23-25,30H,6-22H2,1-5H3/t23-,24?,25+,30+/m0/s1. The molecule has 4 atom stereocenters. The molecule has 0 N–H and O–H groups in total. The lowest BCUT2D eigenvalue weighted by atomic mass is 10.1. The molecule has 1 saturated heterocycles. The minimum Gasteiger partial charge on any atom is -0.466 e. The number of carbonyl (C=O) groups excluding carboxylic acids is 4. The van der Waals surface area contributed by atoms with Crippen molar-refractivity contribution in [3.05, 3.63) is 0 Å². The molecule has 10 nitrogen and oxygen atoms in total. The Hall–Kier alpha value is -2.20. The van der Waals surface area contributed by atoms with Crippen LogP contribution in [0.4, 0.5) is 0 Å². The predicted octanol–water partition coefficient (Wildman–Crippen LogP) is 4.75. The molecule has 0 amide bonds. The lowest BCUT2D eigenvalue weighted by Crippen LogP contribution is -2.46. The second-order valence-corrected chi connectivity index (χ2v) is 10.4. The fourth-order valence-corrected chi connectivity index (χ4v) is 4.63. The molecule has 232 valence electrons. The van der Waals surface area contributed by atoms with Gasteiger partial charge in [-0.1, -0.05) is 40.5 Å². The summed E-state index contributed by atoms with van der Waals surface area (Å²) < 4.78 is 28.0. The fraction of sp³-hybridized carbons (Fsp3) is 0.867. The monoisotopic (exact) mass is 571 g/mol. The largest absolute Gasteiger partial charge is 0.466 e. The molecule has 1 aliphatic heterocycles. The maximum Gasteiger partial charge on any atom is 0.306 e. The van der Waals surface area contributed by atoms with E-state index in [1.54, 1.807) is 6.92 Å². The third-order valence-corrected chi connectivity index (χ3v) is 6.79. The Labute approximate surface area is 240 Å². The van der Waals surface area contributed by atoms with Crippen molar-refractivity contribution in [3.8, 4) is 0 Å². The lowest BCUT2D eigenvalue weighted by Gasteiger charge is -2.35. The van der Waals surface area contributed by atoms with E-state index >= 15 is 0 Å². The van der Waals surface area contributed by atoms with Crippen LogP contribution in [0.1, 0.15) is 112 Å². The molecule has 0 radical (unpaired) electrons. The van der Waals surface area contributed by atoms with E-state index in [9.17, 15) is 19.2 Å². The van der Waals surface area contributed by atoms with Gasteiger partial charge >= 0.3 is 23.9 Å². The molecule has 1 fully saturated rings. The molecule has 1 unspecified atom stereocenters. The van der Waals surface area contributed by atoms with Gasteiger partial charge in [-0.3, -0.25) is 24.1 Å². The van der Waals surface area contributed by atoms with E-state index in [1.807, 2.05) is 20.8 Å². The van der Waals surface area contributed by atoms with Gasteiger partial charge in [0, 0.05) is 44.7 Å². The Balaban J connectivity index is 2.84. The van der Waals surface area contributed by atoms with Crippen LogP contribution < -0.4 is 0 Å². The zero-order valence-corrected chi connectivity index (χ0v) is 25.5. The van der Waals surface area contributed by atoms with Gasteiger partial charge in [-0.25, -0.2) is 0 Å². The van der Waals surface area contributed by atoms with Gasteiger partial charge in [-0.05, 0) is 45.6 Å². The molecule has 1 heterocycles. The highest BCUT2D eigenvalue weighted by Gasteiger charge is 2.36. The Morgan fingerprint density at radius 1 is 0.800 bits per heavy atom. The summed E-state index contributed by atoms with van der Waals surface area (Å²) in [5.41, 5.74) is 0. The number of unbranched alkanes of at least 4 members (excludes halogenated alkanes) is 1. The minimum atomic E-state index is -1.02. The van der Waals surface area contributed by atoms with Gasteiger partial charge < -0.3 is 23.7 Å². The van der Waals surface area contributed by atoms with Gasteiger partial charge in [0.1, 0.15) is 12.2 Å². The summed E-state index contributed by atoms with van der Waals surface area (Å²) in [5.74, 6) is -1.68. The number of carbonyl (C=O) groups is 4. The Morgan fingerprint density at radius 2 is 1.43 bits per heavy atom. The molecule has 1 aliphatic rings. The van der Waals surface area contributed by atoms with Crippen LogP contribution in [0.5, 0.6) is 0 Å². The Kier molecular flexibility index (Phi) is 19.3. The molecule has 0 aromatic heterocycles. The first-order valence-corrected chi connectivity index (χ1v) is 15.3. The van der Waals surface area contributed by atoms with Crippen LogP contribution >= 0.6 is 0 Å². The van der Waals surface area contributed by atoms with Crippen molar-refractivity contribution in [2.75, 3.05) is 32.9 Å². The summed E-state index contributed by atoms with van der Waals surface area (Å²) in [6.45, 7) is 12.4. The van der Waals surface area contributed by atoms with Crippen LogP contribution in [0, 0.1) is 0 Å². The van der Waals surface area contributed by atoms with E-state index in [-0.39, 0.29) is 44.7 Å². The maximum absolute atomic E-state index is 12.8. The quantitative estimate of drug-likeness (QED) is 0.141. The number of hydrogen-bond donors (Lipinski definition) is 0. The summed E-state index contributed by atoms with van der Waals surface area (Å²) in [4.78, 5) is 51.9. The molecule has 0 aliphatic carbocycles. The summed E-state index contributed by atoms with van der Waals surface area (Å²) in [6.07, 6.45) is 3.99. The molecule has 0 bridgehead atoms. The number of rotatable bonds is 21. The topological polar surface area (TPSA) is 118 Å². The zero-order chi connectivity index (χ0) is 29.8. The summed E-state index contributed by atoms with van der Waals surface area (Å²) in [6, 6.07) is 0.371. The van der Waals surface area contributed by atoms with E-state index in [4.69, 9.17) is 23.7 Å². The van der Waals surface area contributed by atoms with Crippen LogP contribution in [0.15, 0.2) is 0 Å². The SMILES string of the molecule is CCCCC1COCCN1CCCC(=O)O[C@@H](C)[C@@H](OC(=O)CCC)[C@@H](CCOC(=O)CCC)OC(=O)CCC. The Morgan fingerprint density at radius 3 is 2.08 bits per heavy atom. The first-order chi connectivity index (χ1) is 19.2. The van der Waals surface area contributed by atoms with Crippen LogP contribution in [-0.4, -0.2) is 86.0 Å². The molecule has 0 saturated carbocycles. The predicted molar refractivity (Wildman–Crippen MR) is 151 cm³/mol. The number of nitrogens with zero attached hydrogens (tertiary/aromatic N) is 1. The van der Waals surface area contributed by atoms with Crippen molar-refractivity contribution in [2.24, 2.45) is 0 Å². The normalized spacial score (nSPS) is 17.9. The highest BCUT2D eigenvalue weighted by molar-refractivity contribution is 5.71. The number of morpholine rings is 1. The fourth-order valence-electron chi connectivity index (χ4n) is 4.63. The average molecular weight is 572 g/mol. The highest BCUT2D eigenvalue weighted by Crippen LogP contribution is 2.20. The van der Waals surface area contributed by atoms with Crippen molar-refractivity contribution < 1.29 is 42.9 Å². The first-order valence-electron chi connectivity index (χ1n) is 15.3. The number of esters is 4. The molecular weight excluding hydrogens is 518 g/mol. The summed E-state index contributed by atoms with van der Waals surface area (Å²) in [5, 5.41) is 0. The minimum absolute atomic E-state index is 0.00978. The molecule has 1 rings (SSSR count). The van der Waals surface area contributed by atoms with Crippen molar-refractivity contribution >= 4 is 23.9 Å². The Bertz CT molecular complexity index is 745. The lowest BCUT2D eigenvalue weighted by molar-refractivity contribution is -0.186. The summed E-state index contributed by atoms with van der Waals surface area (Å²) >= 11 is 0. The third-order valence-electron chi connectivity index (χ3n) is 6.79. The molecule has 0 spiro atoms. The molecule has 40 heavy (non-hydrogen) atoms. The summed E-state index contributed by atoms with van der Waals surface area (Å²) in [7, 11) is 0. The highest BCUT2D eigenvalue weighted by atomic mass is 16.6. The van der Waals surface area contributed by atoms with E-state index < -0.39 is 36.2 Å². The van der Waals surface area contributed by atoms with E-state index in [1.165, 1.54) is 0 Å². The molecule has 10 heteroatoms. The second kappa shape index (κ2) is 21.5. The van der Waals surface area contributed by atoms with Gasteiger partial charge in [0.05, 0.1) is 19.8 Å². The van der Waals surface area contributed by atoms with Gasteiger partial charge in [0.2, 0.25) is 0 Å². The zero-order valence-electron chi connectivity index (χ0n) is 25.5. The van der Waals surface area contributed by atoms with Crippen molar-refractivity contribution in [1.29, 1.82) is 0 Å². The van der Waals surface area contributed by atoms with Crippen LogP contribution in [0.2, 0.25) is 0 Å².